The summed E-state index contributed by atoms with van der Waals surface area (Å²) in [5.74, 6) is -0.614. The maximum Gasteiger partial charge on any atom is 0.261 e. The molecule has 1 aromatic rings. The van der Waals surface area contributed by atoms with Gasteiger partial charge in [-0.2, -0.15) is 0 Å². The minimum atomic E-state index is -0.694. The van der Waals surface area contributed by atoms with E-state index in [0.717, 1.165) is 6.54 Å². The van der Waals surface area contributed by atoms with Crippen LogP contribution < -0.4 is 15.4 Å². The molecule has 0 radical (unpaired) electrons. The van der Waals surface area contributed by atoms with Crippen molar-refractivity contribution in [3.05, 3.63) is 30.1 Å². The van der Waals surface area contributed by atoms with Gasteiger partial charge in [0.15, 0.2) is 17.7 Å². The predicted octanol–water partition coefficient (Wildman–Crippen LogP) is 1.34. The fourth-order valence-corrected chi connectivity index (χ4v) is 1.70. The van der Waals surface area contributed by atoms with Gasteiger partial charge in [0, 0.05) is 26.7 Å². The first-order valence-electron chi connectivity index (χ1n) is 7.07. The number of carbonyl (C=O) groups excluding carboxylic acids is 1. The second kappa shape index (κ2) is 10.1. The fraction of sp³-hybridized carbons (Fsp3) is 0.533. The number of halogens is 1. The van der Waals surface area contributed by atoms with Crippen LogP contribution in [0.2, 0.25) is 0 Å². The number of rotatable bonds is 10. The molecule has 118 valence electrons. The van der Waals surface area contributed by atoms with Gasteiger partial charge >= 0.3 is 0 Å². The second-order valence-corrected chi connectivity index (χ2v) is 4.48. The molecule has 0 bridgehead atoms. The highest BCUT2D eigenvalue weighted by Gasteiger charge is 2.19. The molecular weight excluding hydrogens is 275 g/mol. The van der Waals surface area contributed by atoms with E-state index in [1.165, 1.54) is 12.1 Å². The van der Waals surface area contributed by atoms with Gasteiger partial charge < -0.3 is 20.1 Å². The van der Waals surface area contributed by atoms with E-state index in [-0.39, 0.29) is 11.7 Å². The molecular formula is C15H23FN2O3. The number of amides is 1. The molecule has 6 heteroatoms. The molecule has 2 N–H and O–H groups in total. The van der Waals surface area contributed by atoms with Crippen LogP contribution in [-0.2, 0) is 9.53 Å². The van der Waals surface area contributed by atoms with Crippen molar-refractivity contribution in [2.45, 2.75) is 19.4 Å². The van der Waals surface area contributed by atoms with E-state index in [0.29, 0.717) is 26.1 Å². The summed E-state index contributed by atoms with van der Waals surface area (Å²) in [7, 11) is 1.63. The van der Waals surface area contributed by atoms with Gasteiger partial charge in [-0.1, -0.05) is 19.1 Å². The highest BCUT2D eigenvalue weighted by molar-refractivity contribution is 5.81. The monoisotopic (exact) mass is 298 g/mol. The van der Waals surface area contributed by atoms with Crippen LogP contribution >= 0.6 is 0 Å². The Morgan fingerprint density at radius 1 is 1.29 bits per heavy atom. The molecule has 0 aliphatic heterocycles. The largest absolute Gasteiger partial charge is 0.478 e. The average molecular weight is 298 g/mol. The molecule has 1 rings (SSSR count). The van der Waals surface area contributed by atoms with Crippen molar-refractivity contribution in [3.63, 3.8) is 0 Å². The number of hydrogen-bond donors (Lipinski definition) is 2. The summed E-state index contributed by atoms with van der Waals surface area (Å²) in [6.07, 6.45) is -0.224. The summed E-state index contributed by atoms with van der Waals surface area (Å²) in [6, 6.07) is 6.06. The molecule has 0 heterocycles. The van der Waals surface area contributed by atoms with Crippen LogP contribution in [0.4, 0.5) is 4.39 Å². The zero-order valence-corrected chi connectivity index (χ0v) is 12.5. The van der Waals surface area contributed by atoms with Crippen LogP contribution in [0.5, 0.6) is 5.75 Å². The van der Waals surface area contributed by atoms with E-state index in [1.54, 1.807) is 19.2 Å². The van der Waals surface area contributed by atoms with Crippen LogP contribution in [0.25, 0.3) is 0 Å². The Morgan fingerprint density at radius 3 is 2.71 bits per heavy atom. The Labute approximate surface area is 124 Å². The maximum absolute atomic E-state index is 13.5. The Balaban J connectivity index is 2.34. The van der Waals surface area contributed by atoms with Crippen molar-refractivity contribution in [1.29, 1.82) is 0 Å². The van der Waals surface area contributed by atoms with Crippen molar-refractivity contribution in [1.82, 2.24) is 10.6 Å². The third-order valence-electron chi connectivity index (χ3n) is 2.85. The third kappa shape index (κ3) is 6.55. The van der Waals surface area contributed by atoms with Gasteiger partial charge in [-0.3, -0.25) is 4.79 Å². The van der Waals surface area contributed by atoms with Crippen molar-refractivity contribution < 1.29 is 18.7 Å². The van der Waals surface area contributed by atoms with Crippen LogP contribution in [-0.4, -0.2) is 45.4 Å². The van der Waals surface area contributed by atoms with Crippen LogP contribution in [0, 0.1) is 5.82 Å². The molecule has 0 aliphatic rings. The first-order chi connectivity index (χ1) is 10.2. The molecule has 1 amide bonds. The van der Waals surface area contributed by atoms with Crippen molar-refractivity contribution >= 4 is 5.91 Å². The smallest absolute Gasteiger partial charge is 0.261 e. The molecule has 0 saturated carbocycles. The van der Waals surface area contributed by atoms with E-state index in [9.17, 15) is 9.18 Å². The van der Waals surface area contributed by atoms with Gasteiger partial charge in [0.25, 0.3) is 5.91 Å². The lowest BCUT2D eigenvalue weighted by molar-refractivity contribution is -0.128. The Hall–Kier alpha value is -1.66. The SMILES string of the molecule is CCC(Oc1ccccc1F)C(=O)NCCNCCOC. The normalized spacial score (nSPS) is 12.0. The first kappa shape index (κ1) is 17.4. The summed E-state index contributed by atoms with van der Waals surface area (Å²) < 4.78 is 23.8. The lowest BCUT2D eigenvalue weighted by atomic mass is 10.2. The lowest BCUT2D eigenvalue weighted by Gasteiger charge is -2.17. The highest BCUT2D eigenvalue weighted by atomic mass is 19.1. The summed E-state index contributed by atoms with van der Waals surface area (Å²) in [6.45, 7) is 4.31. The minimum Gasteiger partial charge on any atom is -0.478 e. The number of nitrogens with one attached hydrogen (secondary N) is 2. The quantitative estimate of drug-likeness (QED) is 0.640. The van der Waals surface area contributed by atoms with Gasteiger partial charge in [0.05, 0.1) is 6.61 Å². The molecule has 1 atom stereocenters. The van der Waals surface area contributed by atoms with Crippen molar-refractivity contribution in [2.24, 2.45) is 0 Å². The Bertz CT molecular complexity index is 429. The molecule has 5 nitrogen and oxygen atoms in total. The number of carbonyl (C=O) groups is 1. The fourth-order valence-electron chi connectivity index (χ4n) is 1.70. The number of para-hydroxylation sites is 1. The van der Waals surface area contributed by atoms with E-state index in [4.69, 9.17) is 9.47 Å². The van der Waals surface area contributed by atoms with E-state index in [1.807, 2.05) is 6.92 Å². The van der Waals surface area contributed by atoms with Gasteiger partial charge in [-0.15, -0.1) is 0 Å². The molecule has 0 aromatic heterocycles. The summed E-state index contributed by atoms with van der Waals surface area (Å²) in [5, 5.41) is 5.88. The van der Waals surface area contributed by atoms with Crippen molar-refractivity contribution in [2.75, 3.05) is 33.4 Å². The standard InChI is InChI=1S/C15H23FN2O3/c1-3-13(21-14-7-5-4-6-12(14)16)15(19)18-9-8-17-10-11-20-2/h4-7,13,17H,3,8-11H2,1-2H3,(H,18,19). The molecule has 0 fully saturated rings. The second-order valence-electron chi connectivity index (χ2n) is 4.48. The topological polar surface area (TPSA) is 59.6 Å². The van der Waals surface area contributed by atoms with Gasteiger partial charge in [-0.05, 0) is 18.6 Å². The average Bonchev–Trinajstić information content (AvgIpc) is 2.49. The highest BCUT2D eigenvalue weighted by Crippen LogP contribution is 2.17. The van der Waals surface area contributed by atoms with Crippen LogP contribution in [0.15, 0.2) is 24.3 Å². The van der Waals surface area contributed by atoms with E-state index in [2.05, 4.69) is 10.6 Å². The Morgan fingerprint density at radius 2 is 2.05 bits per heavy atom. The van der Waals surface area contributed by atoms with Gasteiger partial charge in [0.1, 0.15) is 0 Å². The molecule has 0 aliphatic carbocycles. The number of methoxy groups -OCH3 is 1. The van der Waals surface area contributed by atoms with Crippen molar-refractivity contribution in [3.8, 4) is 5.75 Å². The zero-order valence-electron chi connectivity index (χ0n) is 12.5. The number of hydrogen-bond acceptors (Lipinski definition) is 4. The molecule has 0 saturated heterocycles. The van der Waals surface area contributed by atoms with Crippen LogP contribution in [0.3, 0.4) is 0 Å². The van der Waals surface area contributed by atoms with Gasteiger partial charge in [0.2, 0.25) is 0 Å². The molecule has 0 spiro atoms. The number of ether oxygens (including phenoxy) is 2. The summed E-state index contributed by atoms with van der Waals surface area (Å²) >= 11 is 0. The zero-order chi connectivity index (χ0) is 15.5. The number of benzene rings is 1. The molecule has 1 unspecified atom stereocenters. The Kier molecular flexibility index (Phi) is 8.38. The summed E-state index contributed by atoms with van der Waals surface area (Å²) in [5.41, 5.74) is 0. The van der Waals surface area contributed by atoms with E-state index < -0.39 is 11.9 Å². The third-order valence-corrected chi connectivity index (χ3v) is 2.85. The van der Waals surface area contributed by atoms with Gasteiger partial charge in [-0.25, -0.2) is 4.39 Å². The van der Waals surface area contributed by atoms with E-state index >= 15 is 0 Å². The van der Waals surface area contributed by atoms with Crippen LogP contribution in [0.1, 0.15) is 13.3 Å². The summed E-state index contributed by atoms with van der Waals surface area (Å²) in [4.78, 5) is 12.0. The lowest BCUT2D eigenvalue weighted by Crippen LogP contribution is -2.41. The molecule has 21 heavy (non-hydrogen) atoms. The maximum atomic E-state index is 13.5. The molecule has 1 aromatic carbocycles. The minimum absolute atomic E-state index is 0.0951. The first-order valence-corrected chi connectivity index (χ1v) is 7.07. The predicted molar refractivity (Wildman–Crippen MR) is 78.9 cm³/mol.